The van der Waals surface area contributed by atoms with Crippen LogP contribution < -0.4 is 4.90 Å². The van der Waals surface area contributed by atoms with Crippen LogP contribution in [0, 0.1) is 5.82 Å². The molecule has 1 amide bonds. The van der Waals surface area contributed by atoms with Crippen LogP contribution in [0.1, 0.15) is 26.7 Å². The molecule has 0 radical (unpaired) electrons. The largest absolute Gasteiger partial charge is 0.367 e. The molecule has 0 unspecified atom stereocenters. The van der Waals surface area contributed by atoms with E-state index in [0.29, 0.717) is 38.3 Å². The van der Waals surface area contributed by atoms with E-state index in [2.05, 4.69) is 4.90 Å². The molecule has 2 saturated heterocycles. The number of piperazine rings is 1. The van der Waals surface area contributed by atoms with Gasteiger partial charge in [0.05, 0.1) is 23.7 Å². The number of hydrogen-bond donors (Lipinski definition) is 0. The van der Waals surface area contributed by atoms with Crippen molar-refractivity contribution in [2.75, 3.05) is 49.1 Å². The first-order chi connectivity index (χ1) is 13.3. The molecule has 2 aliphatic heterocycles. The lowest BCUT2D eigenvalue weighted by molar-refractivity contribution is -0.136. The summed E-state index contributed by atoms with van der Waals surface area (Å²) in [6.45, 7) is 6.96. The minimum absolute atomic E-state index is 0.00390. The van der Waals surface area contributed by atoms with E-state index in [1.165, 1.54) is 6.07 Å². The summed E-state index contributed by atoms with van der Waals surface area (Å²) >= 11 is 0. The Morgan fingerprint density at radius 2 is 1.93 bits per heavy atom. The third-order valence-corrected chi connectivity index (χ3v) is 7.63. The molecular weight excluding hydrogens is 381 g/mol. The number of rotatable bonds is 6. The molecule has 0 aliphatic carbocycles. The van der Waals surface area contributed by atoms with E-state index in [-0.39, 0.29) is 41.9 Å². The minimum Gasteiger partial charge on any atom is -0.367 e. The van der Waals surface area contributed by atoms with Crippen LogP contribution in [0.3, 0.4) is 0 Å². The Balaban J connectivity index is 1.59. The van der Waals surface area contributed by atoms with Crippen molar-refractivity contribution >= 4 is 21.4 Å². The van der Waals surface area contributed by atoms with Gasteiger partial charge in [0.15, 0.2) is 9.84 Å². The van der Waals surface area contributed by atoms with Crippen LogP contribution in [0.4, 0.5) is 10.1 Å². The highest BCUT2D eigenvalue weighted by Crippen LogP contribution is 2.23. The molecule has 2 heterocycles. The van der Waals surface area contributed by atoms with Crippen molar-refractivity contribution < 1.29 is 17.6 Å². The summed E-state index contributed by atoms with van der Waals surface area (Å²) in [5.41, 5.74) is 0.603. The zero-order valence-corrected chi connectivity index (χ0v) is 17.5. The monoisotopic (exact) mass is 411 g/mol. The molecule has 8 heteroatoms. The average Bonchev–Trinajstić information content (AvgIpc) is 3.02. The van der Waals surface area contributed by atoms with Gasteiger partial charge in [-0.05, 0) is 31.9 Å². The van der Waals surface area contributed by atoms with Crippen molar-refractivity contribution in [2.45, 2.75) is 38.8 Å². The van der Waals surface area contributed by atoms with Crippen molar-refractivity contribution in [3.8, 4) is 0 Å². The Kier molecular flexibility index (Phi) is 6.60. The molecule has 0 bridgehead atoms. The predicted octanol–water partition coefficient (Wildman–Crippen LogP) is 1.76. The lowest BCUT2D eigenvalue weighted by Crippen LogP contribution is -2.54. The SMILES string of the molecule is CC[C@@H](C)N(C(=O)CN1CCN(c2ccccc2F)CC1)[C@H]1CCS(=O)(=O)C1. The second-order valence-electron chi connectivity index (χ2n) is 7.83. The first-order valence-corrected chi connectivity index (χ1v) is 11.9. The number of carbonyl (C=O) groups excluding carboxylic acids is 1. The van der Waals surface area contributed by atoms with E-state index < -0.39 is 9.84 Å². The summed E-state index contributed by atoms with van der Waals surface area (Å²) in [4.78, 5) is 18.9. The summed E-state index contributed by atoms with van der Waals surface area (Å²) < 4.78 is 37.8. The number of anilines is 1. The minimum atomic E-state index is -3.04. The molecule has 6 nitrogen and oxygen atoms in total. The van der Waals surface area contributed by atoms with Gasteiger partial charge < -0.3 is 9.80 Å². The highest BCUT2D eigenvalue weighted by atomic mass is 32.2. The van der Waals surface area contributed by atoms with Gasteiger partial charge in [0.25, 0.3) is 0 Å². The highest BCUT2D eigenvalue weighted by molar-refractivity contribution is 7.91. The smallest absolute Gasteiger partial charge is 0.237 e. The van der Waals surface area contributed by atoms with Crippen LogP contribution >= 0.6 is 0 Å². The molecule has 3 rings (SSSR count). The Morgan fingerprint density at radius 3 is 2.50 bits per heavy atom. The van der Waals surface area contributed by atoms with Gasteiger partial charge >= 0.3 is 0 Å². The van der Waals surface area contributed by atoms with Gasteiger partial charge in [0.1, 0.15) is 5.82 Å². The molecule has 28 heavy (non-hydrogen) atoms. The van der Waals surface area contributed by atoms with Crippen LogP contribution in [-0.4, -0.2) is 80.4 Å². The van der Waals surface area contributed by atoms with E-state index in [0.717, 1.165) is 6.42 Å². The summed E-state index contributed by atoms with van der Waals surface area (Å²) in [5.74, 6) is 0.0109. The van der Waals surface area contributed by atoms with Gasteiger partial charge in [-0.1, -0.05) is 19.1 Å². The third-order valence-electron chi connectivity index (χ3n) is 5.88. The second-order valence-corrected chi connectivity index (χ2v) is 10.1. The van der Waals surface area contributed by atoms with Crippen LogP contribution in [0.2, 0.25) is 0 Å². The Labute approximate surface area is 167 Å². The molecule has 2 aliphatic rings. The number of sulfone groups is 1. The van der Waals surface area contributed by atoms with E-state index in [9.17, 15) is 17.6 Å². The van der Waals surface area contributed by atoms with Crippen LogP contribution in [0.5, 0.6) is 0 Å². The third kappa shape index (κ3) is 4.84. The zero-order valence-electron chi connectivity index (χ0n) is 16.7. The quantitative estimate of drug-likeness (QED) is 0.714. The van der Waals surface area contributed by atoms with Crippen molar-refractivity contribution in [3.63, 3.8) is 0 Å². The topological polar surface area (TPSA) is 60.9 Å². The van der Waals surface area contributed by atoms with E-state index >= 15 is 0 Å². The Morgan fingerprint density at radius 1 is 1.25 bits per heavy atom. The van der Waals surface area contributed by atoms with Gasteiger partial charge in [0.2, 0.25) is 5.91 Å². The lowest BCUT2D eigenvalue weighted by atomic mass is 10.1. The molecule has 2 atom stereocenters. The van der Waals surface area contributed by atoms with Gasteiger partial charge in [-0.15, -0.1) is 0 Å². The summed E-state index contributed by atoms with van der Waals surface area (Å²) in [6.07, 6.45) is 1.32. The number of benzene rings is 1. The van der Waals surface area contributed by atoms with E-state index in [1.807, 2.05) is 24.8 Å². The molecule has 1 aromatic carbocycles. The first kappa shape index (κ1) is 21.0. The summed E-state index contributed by atoms with van der Waals surface area (Å²) in [7, 11) is -3.04. The Hall–Kier alpha value is -1.67. The fourth-order valence-electron chi connectivity index (χ4n) is 4.13. The van der Waals surface area contributed by atoms with Crippen molar-refractivity contribution in [2.24, 2.45) is 0 Å². The molecule has 0 aromatic heterocycles. The number of para-hydroxylation sites is 1. The van der Waals surface area contributed by atoms with Crippen LogP contribution in [-0.2, 0) is 14.6 Å². The maximum absolute atomic E-state index is 14.0. The predicted molar refractivity (Wildman–Crippen MR) is 109 cm³/mol. The van der Waals surface area contributed by atoms with Gasteiger partial charge in [-0.25, -0.2) is 12.8 Å². The normalized spacial score (nSPS) is 23.5. The standard InChI is InChI=1S/C20H30FN3O3S/c1-3-16(2)24(17-8-13-28(26,27)15-17)20(25)14-22-9-11-23(12-10-22)19-7-5-4-6-18(19)21/h4-7,16-17H,3,8-15H2,1-2H3/t16-,17+/m1/s1. The maximum atomic E-state index is 14.0. The summed E-state index contributed by atoms with van der Waals surface area (Å²) in [6, 6.07) is 6.55. The fourth-order valence-corrected chi connectivity index (χ4v) is 5.84. The molecular formula is C20H30FN3O3S. The molecule has 0 spiro atoms. The average molecular weight is 412 g/mol. The molecule has 2 fully saturated rings. The molecule has 0 saturated carbocycles. The fraction of sp³-hybridized carbons (Fsp3) is 0.650. The van der Waals surface area contributed by atoms with Crippen molar-refractivity contribution in [1.82, 2.24) is 9.80 Å². The van der Waals surface area contributed by atoms with Crippen molar-refractivity contribution in [1.29, 1.82) is 0 Å². The number of nitrogens with zero attached hydrogens (tertiary/aromatic N) is 3. The van der Waals surface area contributed by atoms with Crippen LogP contribution in [0.25, 0.3) is 0 Å². The van der Waals surface area contributed by atoms with E-state index in [1.54, 1.807) is 17.0 Å². The molecule has 1 aromatic rings. The van der Waals surface area contributed by atoms with Crippen molar-refractivity contribution in [3.05, 3.63) is 30.1 Å². The second kappa shape index (κ2) is 8.78. The van der Waals surface area contributed by atoms with Gasteiger partial charge in [-0.3, -0.25) is 9.69 Å². The van der Waals surface area contributed by atoms with Crippen LogP contribution in [0.15, 0.2) is 24.3 Å². The number of amides is 1. The zero-order chi connectivity index (χ0) is 20.3. The summed E-state index contributed by atoms with van der Waals surface area (Å²) in [5, 5.41) is 0. The van der Waals surface area contributed by atoms with E-state index in [4.69, 9.17) is 0 Å². The lowest BCUT2D eigenvalue weighted by Gasteiger charge is -2.39. The van der Waals surface area contributed by atoms with Gasteiger partial charge in [0, 0.05) is 38.3 Å². The van der Waals surface area contributed by atoms with Gasteiger partial charge in [-0.2, -0.15) is 0 Å². The molecule has 0 N–H and O–H groups in total. The maximum Gasteiger partial charge on any atom is 0.237 e. The Bertz CT molecular complexity index is 794. The molecule has 156 valence electrons. The first-order valence-electron chi connectivity index (χ1n) is 10.0. The number of hydrogen-bond acceptors (Lipinski definition) is 5. The number of halogens is 1. The highest BCUT2D eigenvalue weighted by Gasteiger charge is 2.37. The number of carbonyl (C=O) groups is 1.